The van der Waals surface area contributed by atoms with Crippen LogP contribution in [0.4, 0.5) is 4.79 Å². The van der Waals surface area contributed by atoms with Crippen molar-refractivity contribution in [2.45, 2.75) is 32.1 Å². The van der Waals surface area contributed by atoms with E-state index >= 15 is 0 Å². The van der Waals surface area contributed by atoms with Gasteiger partial charge in [0.25, 0.3) is 0 Å². The van der Waals surface area contributed by atoms with Crippen molar-refractivity contribution in [3.8, 4) is 11.1 Å². The Hall–Kier alpha value is -3.35. The fourth-order valence-corrected chi connectivity index (χ4v) is 4.96. The van der Waals surface area contributed by atoms with Crippen molar-refractivity contribution in [1.29, 1.82) is 0 Å². The van der Waals surface area contributed by atoms with Crippen molar-refractivity contribution in [2.75, 3.05) is 26.2 Å². The predicted octanol–water partition coefficient (Wildman–Crippen LogP) is 3.87. The Morgan fingerprint density at radius 3 is 2.36 bits per heavy atom. The number of carboxylic acid groups (broad SMARTS) is 1. The van der Waals surface area contributed by atoms with E-state index in [1.807, 2.05) is 24.3 Å². The molecule has 2 amide bonds. The summed E-state index contributed by atoms with van der Waals surface area (Å²) in [6, 6.07) is 16.3. The number of aliphatic carboxylic acids is 1. The minimum absolute atomic E-state index is 0.0116. The number of amides is 2. The normalized spacial score (nSPS) is 18.2. The second kappa shape index (κ2) is 10.1. The van der Waals surface area contributed by atoms with Crippen LogP contribution < -0.4 is 5.32 Å². The molecular formula is C26H30N2O5. The lowest BCUT2D eigenvalue weighted by Crippen LogP contribution is -2.45. The molecule has 1 aliphatic carbocycles. The van der Waals surface area contributed by atoms with E-state index in [0.29, 0.717) is 13.1 Å². The molecule has 2 aromatic rings. The van der Waals surface area contributed by atoms with Gasteiger partial charge in [0.2, 0.25) is 5.91 Å². The van der Waals surface area contributed by atoms with Crippen LogP contribution in [0.3, 0.4) is 0 Å². The van der Waals surface area contributed by atoms with Gasteiger partial charge in [-0.2, -0.15) is 0 Å². The number of carbonyl (C=O) groups is 3. The van der Waals surface area contributed by atoms with Gasteiger partial charge in [-0.05, 0) is 41.0 Å². The number of nitrogens with one attached hydrogen (secondary N) is 1. The highest BCUT2D eigenvalue weighted by molar-refractivity contribution is 5.80. The van der Waals surface area contributed by atoms with Gasteiger partial charge in [-0.25, -0.2) is 4.79 Å². The fraction of sp³-hybridized carbons (Fsp3) is 0.423. The molecule has 0 saturated carbocycles. The summed E-state index contributed by atoms with van der Waals surface area (Å²) in [6.45, 7) is 3.26. The lowest BCUT2D eigenvalue weighted by atomic mass is 9.94. The number of nitrogens with zero attached hydrogens (tertiary/aromatic N) is 1. The van der Waals surface area contributed by atoms with Gasteiger partial charge < -0.3 is 20.1 Å². The predicted molar refractivity (Wildman–Crippen MR) is 124 cm³/mol. The zero-order chi connectivity index (χ0) is 23.4. The molecule has 7 nitrogen and oxygen atoms in total. The Labute approximate surface area is 193 Å². The molecule has 1 heterocycles. The molecule has 174 valence electrons. The average molecular weight is 451 g/mol. The number of carboxylic acids is 1. The van der Waals surface area contributed by atoms with E-state index in [-0.39, 0.29) is 37.3 Å². The number of likely N-dealkylation sites (tertiary alicyclic amines) is 1. The summed E-state index contributed by atoms with van der Waals surface area (Å²) >= 11 is 0. The van der Waals surface area contributed by atoms with Crippen molar-refractivity contribution in [1.82, 2.24) is 10.2 Å². The lowest BCUT2D eigenvalue weighted by Gasteiger charge is -2.33. The number of hydrogen-bond donors (Lipinski definition) is 2. The number of hydrogen-bond acceptors (Lipinski definition) is 4. The summed E-state index contributed by atoms with van der Waals surface area (Å²) in [7, 11) is 0. The van der Waals surface area contributed by atoms with Crippen molar-refractivity contribution >= 4 is 18.0 Å². The maximum atomic E-state index is 12.8. The molecule has 0 radical (unpaired) electrons. The molecule has 4 rings (SSSR count). The number of rotatable bonds is 7. The molecular weight excluding hydrogens is 420 g/mol. The maximum Gasteiger partial charge on any atom is 0.407 e. The number of fused-ring (bicyclic) bond motifs is 3. The summed E-state index contributed by atoms with van der Waals surface area (Å²) in [4.78, 5) is 37.9. The lowest BCUT2D eigenvalue weighted by molar-refractivity contribution is -0.141. The molecule has 2 atom stereocenters. The molecule has 0 aromatic heterocycles. The molecule has 1 saturated heterocycles. The Kier molecular flexibility index (Phi) is 6.96. The molecule has 2 aromatic carbocycles. The van der Waals surface area contributed by atoms with E-state index in [9.17, 15) is 14.4 Å². The number of piperidine rings is 1. The van der Waals surface area contributed by atoms with Crippen molar-refractivity contribution in [3.63, 3.8) is 0 Å². The number of carbonyl (C=O) groups excluding carboxylic acids is 2. The van der Waals surface area contributed by atoms with Gasteiger partial charge in [0.15, 0.2) is 0 Å². The second-order valence-corrected chi connectivity index (χ2v) is 9.00. The first-order valence-electron chi connectivity index (χ1n) is 11.5. The van der Waals surface area contributed by atoms with Gasteiger partial charge in [0.05, 0.1) is 5.92 Å². The highest BCUT2D eigenvalue weighted by atomic mass is 16.5. The Morgan fingerprint density at radius 1 is 1.09 bits per heavy atom. The Bertz CT molecular complexity index is 991. The van der Waals surface area contributed by atoms with Crippen LogP contribution in [0, 0.1) is 11.8 Å². The van der Waals surface area contributed by atoms with E-state index in [1.165, 1.54) is 11.1 Å². The second-order valence-electron chi connectivity index (χ2n) is 9.00. The van der Waals surface area contributed by atoms with Gasteiger partial charge >= 0.3 is 12.1 Å². The topological polar surface area (TPSA) is 95.9 Å². The standard InChI is InChI=1S/C26H30N2O5/c1-17(25(31)28-12-6-7-18(15-28)13-24(29)30)14-27-26(32)33-16-23-21-10-4-2-8-19(21)20-9-3-5-11-22(20)23/h2-5,8-11,17-18,23H,6-7,12-16H2,1H3,(H,27,32)(H,29,30). The Balaban J connectivity index is 1.28. The summed E-state index contributed by atoms with van der Waals surface area (Å²) < 4.78 is 5.54. The van der Waals surface area contributed by atoms with Crippen LogP contribution in [-0.4, -0.2) is 54.2 Å². The first-order valence-corrected chi connectivity index (χ1v) is 11.5. The van der Waals surface area contributed by atoms with E-state index in [1.54, 1.807) is 11.8 Å². The number of alkyl carbamates (subject to hydrolysis) is 1. The van der Waals surface area contributed by atoms with Crippen LogP contribution >= 0.6 is 0 Å². The van der Waals surface area contributed by atoms with E-state index in [4.69, 9.17) is 9.84 Å². The van der Waals surface area contributed by atoms with Crippen molar-refractivity contribution in [3.05, 3.63) is 59.7 Å². The largest absolute Gasteiger partial charge is 0.481 e. The quantitative estimate of drug-likeness (QED) is 0.668. The third-order valence-electron chi connectivity index (χ3n) is 6.61. The molecule has 33 heavy (non-hydrogen) atoms. The minimum Gasteiger partial charge on any atom is -0.481 e. The summed E-state index contributed by atoms with van der Waals surface area (Å²) in [5, 5.41) is 11.7. The van der Waals surface area contributed by atoms with E-state index < -0.39 is 18.0 Å². The third kappa shape index (κ3) is 5.18. The average Bonchev–Trinajstić information content (AvgIpc) is 3.14. The zero-order valence-electron chi connectivity index (χ0n) is 18.8. The van der Waals surface area contributed by atoms with Gasteiger partial charge in [0.1, 0.15) is 6.61 Å². The summed E-state index contributed by atoms with van der Waals surface area (Å²) in [5.41, 5.74) is 4.64. The van der Waals surface area contributed by atoms with Gasteiger partial charge in [-0.3, -0.25) is 9.59 Å². The maximum absolute atomic E-state index is 12.8. The molecule has 1 fully saturated rings. The third-order valence-corrected chi connectivity index (χ3v) is 6.61. The fourth-order valence-electron chi connectivity index (χ4n) is 4.96. The van der Waals surface area contributed by atoms with E-state index in [2.05, 4.69) is 29.6 Å². The Morgan fingerprint density at radius 2 is 1.73 bits per heavy atom. The zero-order valence-corrected chi connectivity index (χ0v) is 18.8. The first kappa shape index (κ1) is 22.8. The van der Waals surface area contributed by atoms with Crippen LogP contribution in [-0.2, 0) is 14.3 Å². The van der Waals surface area contributed by atoms with Crippen LogP contribution in [0.5, 0.6) is 0 Å². The van der Waals surface area contributed by atoms with Crippen molar-refractivity contribution in [2.24, 2.45) is 11.8 Å². The van der Waals surface area contributed by atoms with Gasteiger partial charge in [0, 0.05) is 32.0 Å². The van der Waals surface area contributed by atoms with Gasteiger partial charge in [-0.15, -0.1) is 0 Å². The molecule has 0 spiro atoms. The van der Waals surface area contributed by atoms with Crippen LogP contribution in [0.25, 0.3) is 11.1 Å². The smallest absolute Gasteiger partial charge is 0.407 e. The number of ether oxygens (including phenoxy) is 1. The van der Waals surface area contributed by atoms with Gasteiger partial charge in [-0.1, -0.05) is 55.5 Å². The van der Waals surface area contributed by atoms with Crippen LogP contribution in [0.2, 0.25) is 0 Å². The summed E-state index contributed by atoms with van der Waals surface area (Å²) in [6.07, 6.45) is 1.16. The highest BCUT2D eigenvalue weighted by Crippen LogP contribution is 2.44. The molecule has 7 heteroatoms. The van der Waals surface area contributed by atoms with E-state index in [0.717, 1.165) is 24.0 Å². The highest BCUT2D eigenvalue weighted by Gasteiger charge is 2.30. The van der Waals surface area contributed by atoms with Crippen LogP contribution in [0.1, 0.15) is 43.2 Å². The monoisotopic (exact) mass is 450 g/mol. The molecule has 2 unspecified atom stereocenters. The molecule has 0 bridgehead atoms. The molecule has 2 aliphatic rings. The molecule has 2 N–H and O–H groups in total. The summed E-state index contributed by atoms with van der Waals surface area (Å²) in [5.74, 6) is -1.33. The number of benzene rings is 2. The van der Waals surface area contributed by atoms with Crippen LogP contribution in [0.15, 0.2) is 48.5 Å². The SMILES string of the molecule is CC(CNC(=O)OCC1c2ccccc2-c2ccccc21)C(=O)N1CCCC(CC(=O)O)C1. The first-order chi connectivity index (χ1) is 15.9. The minimum atomic E-state index is -0.834. The van der Waals surface area contributed by atoms with Crippen molar-refractivity contribution < 1.29 is 24.2 Å². The molecule has 1 aliphatic heterocycles.